The molecule has 2 aromatic rings. The van der Waals surface area contributed by atoms with Crippen molar-refractivity contribution < 1.29 is 0 Å². The highest BCUT2D eigenvalue weighted by Gasteiger charge is 1.99. The summed E-state index contributed by atoms with van der Waals surface area (Å²) in [5.74, 6) is 0. The summed E-state index contributed by atoms with van der Waals surface area (Å²) in [4.78, 5) is 1.28. The van der Waals surface area contributed by atoms with E-state index < -0.39 is 0 Å². The minimum atomic E-state index is 0.990. The normalized spacial score (nSPS) is 10.5. The minimum absolute atomic E-state index is 0.990. The van der Waals surface area contributed by atoms with Crippen molar-refractivity contribution in [1.29, 1.82) is 0 Å². The number of halogens is 2. The Kier molecular flexibility index (Phi) is 2.69. The van der Waals surface area contributed by atoms with Gasteiger partial charge >= 0.3 is 0 Å². The maximum Gasteiger partial charge on any atom is 0.0618 e. The molecule has 0 spiro atoms. The monoisotopic (exact) mass is 322 g/mol. The predicted octanol–water partition coefficient (Wildman–Crippen LogP) is 5.05. The van der Waals surface area contributed by atoms with Crippen molar-refractivity contribution in [3.8, 4) is 0 Å². The summed E-state index contributed by atoms with van der Waals surface area (Å²) < 4.78 is 3.73. The van der Waals surface area contributed by atoms with E-state index >= 15 is 0 Å². The van der Waals surface area contributed by atoms with E-state index in [2.05, 4.69) is 55.4 Å². The van der Waals surface area contributed by atoms with E-state index in [9.17, 15) is 0 Å². The maximum absolute atomic E-state index is 3.34. The lowest BCUT2D eigenvalue weighted by Crippen LogP contribution is -1.54. The highest BCUT2D eigenvalue weighted by molar-refractivity contribution is 9.28. The largest absolute Gasteiger partial charge is 0.143 e. The molecular formula is C8H4Br2S2. The first kappa shape index (κ1) is 8.94. The average Bonchev–Trinajstić information content (AvgIpc) is 2.43. The molecule has 0 saturated carbocycles. The predicted molar refractivity (Wildman–Crippen MR) is 65.5 cm³/mol. The summed E-state index contributed by atoms with van der Waals surface area (Å²) in [6, 6.07) is 4.36. The van der Waals surface area contributed by atoms with Crippen LogP contribution in [-0.2, 0) is 0 Å². The van der Waals surface area contributed by atoms with Gasteiger partial charge in [-0.2, -0.15) is 0 Å². The first-order valence-electron chi connectivity index (χ1n) is 3.25. The van der Waals surface area contributed by atoms with Crippen molar-refractivity contribution in [2.24, 2.45) is 0 Å². The maximum atomic E-state index is 3.34. The molecule has 0 N–H and O–H groups in total. The van der Waals surface area contributed by atoms with Gasteiger partial charge in [-0.25, -0.2) is 0 Å². The van der Waals surface area contributed by atoms with Gasteiger partial charge in [0.25, 0.3) is 0 Å². The van der Waals surface area contributed by atoms with Gasteiger partial charge in [0.05, 0.1) is 3.39 Å². The molecule has 0 aliphatic carbocycles. The Labute approximate surface area is 95.2 Å². The smallest absolute Gasteiger partial charge is 0.0618 e. The van der Waals surface area contributed by atoms with Crippen LogP contribution in [0.5, 0.6) is 0 Å². The summed E-state index contributed by atoms with van der Waals surface area (Å²) >= 11 is 10.3. The quantitative estimate of drug-likeness (QED) is 0.688. The minimum Gasteiger partial charge on any atom is -0.143 e. The number of hydrogen-bond donors (Lipinski definition) is 0. The summed E-state index contributed by atoms with van der Waals surface area (Å²) in [5.41, 5.74) is 0. The molecule has 62 valence electrons. The van der Waals surface area contributed by atoms with Gasteiger partial charge in [-0.1, -0.05) is 0 Å². The Morgan fingerprint density at radius 2 is 2.17 bits per heavy atom. The standard InChI is InChI=1S/C8H4Br2S2/c9-8(10)4-5-3-7-6(12-5)1-2-11-7/h1-4H. The first-order chi connectivity index (χ1) is 5.75. The summed E-state index contributed by atoms with van der Waals surface area (Å²) in [7, 11) is 0. The highest BCUT2D eigenvalue weighted by Crippen LogP contribution is 2.32. The Bertz CT molecular complexity index is 392. The van der Waals surface area contributed by atoms with Crippen molar-refractivity contribution in [3.05, 3.63) is 25.8 Å². The molecule has 0 amide bonds. The van der Waals surface area contributed by atoms with Crippen LogP contribution in [0.4, 0.5) is 0 Å². The van der Waals surface area contributed by atoms with E-state index in [-0.39, 0.29) is 0 Å². The van der Waals surface area contributed by atoms with E-state index in [4.69, 9.17) is 0 Å². The third-order valence-corrected chi connectivity index (χ3v) is 3.91. The summed E-state index contributed by atoms with van der Waals surface area (Å²) in [6.07, 6.45) is 2.07. The molecule has 2 aromatic heterocycles. The fourth-order valence-electron chi connectivity index (χ4n) is 0.963. The summed E-state index contributed by atoms with van der Waals surface area (Å²) in [6.45, 7) is 0. The molecule has 0 saturated heterocycles. The van der Waals surface area contributed by atoms with Gasteiger partial charge in [0.1, 0.15) is 0 Å². The SMILES string of the molecule is BrC(Br)=Cc1cc2sccc2s1. The van der Waals surface area contributed by atoms with Gasteiger partial charge in [0.15, 0.2) is 0 Å². The molecule has 0 radical (unpaired) electrons. The molecular weight excluding hydrogens is 320 g/mol. The number of thiophene rings is 2. The molecule has 0 aliphatic rings. The van der Waals surface area contributed by atoms with Crippen LogP contribution in [-0.4, -0.2) is 0 Å². The van der Waals surface area contributed by atoms with Crippen molar-refractivity contribution in [2.45, 2.75) is 0 Å². The van der Waals surface area contributed by atoms with Gasteiger partial charge in [0.2, 0.25) is 0 Å². The molecule has 0 aromatic carbocycles. The topological polar surface area (TPSA) is 0 Å². The van der Waals surface area contributed by atoms with Crippen LogP contribution in [0, 0.1) is 0 Å². The molecule has 2 heterocycles. The number of fused-ring (bicyclic) bond motifs is 1. The van der Waals surface area contributed by atoms with Crippen LogP contribution in [0.15, 0.2) is 20.9 Å². The molecule has 0 nitrogen and oxygen atoms in total. The zero-order valence-corrected chi connectivity index (χ0v) is 10.7. The van der Waals surface area contributed by atoms with Crippen LogP contribution >= 0.6 is 54.5 Å². The van der Waals surface area contributed by atoms with E-state index in [0.29, 0.717) is 0 Å². The molecule has 2 rings (SSSR count). The third kappa shape index (κ3) is 1.82. The van der Waals surface area contributed by atoms with E-state index in [1.54, 1.807) is 22.7 Å². The van der Waals surface area contributed by atoms with Crippen molar-refractivity contribution in [3.63, 3.8) is 0 Å². The molecule has 12 heavy (non-hydrogen) atoms. The van der Waals surface area contributed by atoms with Crippen LogP contribution in [0.2, 0.25) is 0 Å². The molecule has 0 atom stereocenters. The van der Waals surface area contributed by atoms with Crippen LogP contribution in [0.3, 0.4) is 0 Å². The van der Waals surface area contributed by atoms with Crippen LogP contribution < -0.4 is 0 Å². The van der Waals surface area contributed by atoms with Crippen molar-refractivity contribution >= 4 is 70.0 Å². The lowest BCUT2D eigenvalue weighted by molar-refractivity contribution is 2.09. The zero-order valence-electron chi connectivity index (χ0n) is 5.88. The van der Waals surface area contributed by atoms with Crippen molar-refractivity contribution in [1.82, 2.24) is 0 Å². The summed E-state index contributed by atoms with van der Waals surface area (Å²) in [5, 5.41) is 2.12. The van der Waals surface area contributed by atoms with Gasteiger partial charge in [0, 0.05) is 14.3 Å². The fraction of sp³-hybridized carbons (Fsp3) is 0. The van der Waals surface area contributed by atoms with E-state index in [0.717, 1.165) is 3.39 Å². The van der Waals surface area contributed by atoms with Gasteiger partial charge < -0.3 is 0 Å². The zero-order chi connectivity index (χ0) is 8.55. The lowest BCUT2D eigenvalue weighted by atomic mass is 10.4. The fourth-order valence-corrected chi connectivity index (χ4v) is 3.82. The molecule has 0 aliphatic heterocycles. The second-order valence-electron chi connectivity index (χ2n) is 2.23. The second kappa shape index (κ2) is 3.62. The lowest BCUT2D eigenvalue weighted by Gasteiger charge is -1.81. The molecule has 4 heteroatoms. The van der Waals surface area contributed by atoms with Crippen LogP contribution in [0.25, 0.3) is 15.5 Å². The third-order valence-electron chi connectivity index (χ3n) is 1.41. The first-order valence-corrected chi connectivity index (χ1v) is 6.53. The number of hydrogen-bond acceptors (Lipinski definition) is 2. The Morgan fingerprint density at radius 1 is 1.33 bits per heavy atom. The average molecular weight is 324 g/mol. The highest BCUT2D eigenvalue weighted by atomic mass is 79.9. The van der Waals surface area contributed by atoms with Gasteiger partial charge in [-0.15, -0.1) is 22.7 Å². The number of rotatable bonds is 1. The van der Waals surface area contributed by atoms with Gasteiger partial charge in [-0.05, 0) is 55.4 Å². The Balaban J connectivity index is 2.51. The van der Waals surface area contributed by atoms with Crippen molar-refractivity contribution in [2.75, 3.05) is 0 Å². The Hall–Kier alpha value is 0.360. The van der Waals surface area contributed by atoms with E-state index in [1.165, 1.54) is 14.3 Å². The van der Waals surface area contributed by atoms with E-state index in [1.807, 2.05) is 0 Å². The molecule has 0 unspecified atom stereocenters. The molecule has 0 bridgehead atoms. The van der Waals surface area contributed by atoms with Gasteiger partial charge in [-0.3, -0.25) is 0 Å². The molecule has 0 fully saturated rings. The Morgan fingerprint density at radius 3 is 2.83 bits per heavy atom. The van der Waals surface area contributed by atoms with Crippen LogP contribution in [0.1, 0.15) is 4.88 Å². The second-order valence-corrected chi connectivity index (χ2v) is 7.07.